The van der Waals surface area contributed by atoms with Gasteiger partial charge in [0.25, 0.3) is 5.91 Å². The topological polar surface area (TPSA) is 88.7 Å². The zero-order chi connectivity index (χ0) is 24.6. The zero-order valence-corrected chi connectivity index (χ0v) is 19.8. The van der Waals surface area contributed by atoms with Crippen molar-refractivity contribution in [2.45, 2.75) is 33.0 Å². The summed E-state index contributed by atoms with van der Waals surface area (Å²) in [7, 11) is 0. The average molecular weight is 472 g/mol. The number of carbonyl (C=O) groups excluding carboxylic acids is 2. The van der Waals surface area contributed by atoms with Gasteiger partial charge in [0.15, 0.2) is 11.5 Å². The van der Waals surface area contributed by atoms with Crippen molar-refractivity contribution in [1.29, 1.82) is 0 Å². The Morgan fingerprint density at radius 3 is 2.29 bits per heavy atom. The van der Waals surface area contributed by atoms with Gasteiger partial charge in [-0.15, -0.1) is 0 Å². The minimum absolute atomic E-state index is 0.258. The molecule has 35 heavy (non-hydrogen) atoms. The molecule has 1 aliphatic heterocycles. The van der Waals surface area contributed by atoms with Gasteiger partial charge in [0, 0.05) is 12.2 Å². The fourth-order valence-electron chi connectivity index (χ4n) is 3.95. The van der Waals surface area contributed by atoms with Crippen molar-refractivity contribution < 1.29 is 19.1 Å². The first-order chi connectivity index (χ1) is 17.0. The van der Waals surface area contributed by atoms with E-state index < -0.39 is 6.04 Å². The summed E-state index contributed by atoms with van der Waals surface area (Å²) in [5.41, 5.74) is 3.70. The third-order valence-corrected chi connectivity index (χ3v) is 5.65. The fourth-order valence-corrected chi connectivity index (χ4v) is 3.95. The predicted octanol–water partition coefficient (Wildman–Crippen LogP) is 4.61. The first-order valence-electron chi connectivity index (χ1n) is 11.6. The van der Waals surface area contributed by atoms with Crippen LogP contribution in [0.5, 0.6) is 11.5 Å². The number of nitrogens with one attached hydrogen (secondary N) is 3. The van der Waals surface area contributed by atoms with Crippen molar-refractivity contribution in [1.82, 2.24) is 16.0 Å². The van der Waals surface area contributed by atoms with Gasteiger partial charge < -0.3 is 25.4 Å². The summed E-state index contributed by atoms with van der Waals surface area (Å²) < 4.78 is 11.8. The Morgan fingerprint density at radius 2 is 1.60 bits per heavy atom. The number of hydrogen-bond donors (Lipinski definition) is 3. The molecule has 1 atom stereocenters. The molecular formula is C28H29N3O4. The Bertz CT molecular complexity index is 1210. The van der Waals surface area contributed by atoms with Crippen LogP contribution in [0.15, 0.2) is 90.1 Å². The van der Waals surface area contributed by atoms with E-state index in [-0.39, 0.29) is 11.9 Å². The molecule has 3 aromatic carbocycles. The second-order valence-electron chi connectivity index (χ2n) is 8.15. The number of hydrogen-bond acceptors (Lipinski definition) is 4. The fraction of sp³-hybridized carbons (Fsp3) is 0.214. The Kier molecular flexibility index (Phi) is 7.67. The highest BCUT2D eigenvalue weighted by Crippen LogP contribution is 2.35. The van der Waals surface area contributed by atoms with Crippen LogP contribution < -0.4 is 25.4 Å². The van der Waals surface area contributed by atoms with Gasteiger partial charge in [-0.3, -0.25) is 4.79 Å². The lowest BCUT2D eigenvalue weighted by molar-refractivity contribution is -0.118. The Morgan fingerprint density at radius 1 is 0.914 bits per heavy atom. The molecule has 0 saturated heterocycles. The smallest absolute Gasteiger partial charge is 0.319 e. The molecule has 0 aliphatic carbocycles. The van der Waals surface area contributed by atoms with Crippen molar-refractivity contribution in [3.8, 4) is 11.5 Å². The molecular weight excluding hydrogens is 442 g/mol. The SMILES string of the molecule is CCOc1cc(C2NC(=O)NC(C)=C2C(=O)NCc2ccccc2)ccc1OCc1ccccc1. The van der Waals surface area contributed by atoms with E-state index in [0.29, 0.717) is 42.5 Å². The highest BCUT2D eigenvalue weighted by molar-refractivity contribution is 5.98. The van der Waals surface area contributed by atoms with Gasteiger partial charge in [-0.25, -0.2) is 4.79 Å². The van der Waals surface area contributed by atoms with Gasteiger partial charge in [-0.05, 0) is 42.7 Å². The number of urea groups is 1. The number of amides is 3. The largest absolute Gasteiger partial charge is 0.490 e. The molecule has 1 unspecified atom stereocenters. The normalized spacial score (nSPS) is 15.1. The summed E-state index contributed by atoms with van der Waals surface area (Å²) >= 11 is 0. The minimum atomic E-state index is -0.637. The molecule has 7 nitrogen and oxygen atoms in total. The van der Waals surface area contributed by atoms with Gasteiger partial charge in [-0.1, -0.05) is 66.7 Å². The first kappa shape index (κ1) is 23.9. The molecule has 3 amide bonds. The molecule has 0 aromatic heterocycles. The van der Waals surface area contributed by atoms with Crippen LogP contribution in [-0.2, 0) is 17.9 Å². The molecule has 180 valence electrons. The van der Waals surface area contributed by atoms with Crippen molar-refractivity contribution in [3.05, 3.63) is 107 Å². The maximum Gasteiger partial charge on any atom is 0.319 e. The third-order valence-electron chi connectivity index (χ3n) is 5.65. The quantitative estimate of drug-likeness (QED) is 0.425. The summed E-state index contributed by atoms with van der Waals surface area (Å²) in [6.45, 7) is 4.85. The molecule has 4 rings (SSSR count). The summed E-state index contributed by atoms with van der Waals surface area (Å²) in [5, 5.41) is 8.54. The van der Waals surface area contributed by atoms with Gasteiger partial charge in [-0.2, -0.15) is 0 Å². The van der Waals surface area contributed by atoms with Crippen LogP contribution in [0.25, 0.3) is 0 Å². The van der Waals surface area contributed by atoms with Gasteiger partial charge in [0.05, 0.1) is 18.2 Å². The van der Waals surface area contributed by atoms with Crippen LogP contribution in [0.4, 0.5) is 4.79 Å². The lowest BCUT2D eigenvalue weighted by atomic mass is 9.94. The van der Waals surface area contributed by atoms with E-state index in [2.05, 4.69) is 16.0 Å². The van der Waals surface area contributed by atoms with Crippen LogP contribution >= 0.6 is 0 Å². The van der Waals surface area contributed by atoms with Gasteiger partial charge in [0.2, 0.25) is 0 Å². The molecule has 0 fully saturated rings. The standard InChI is InChI=1S/C28H29N3O4/c1-3-34-24-16-22(14-15-23(24)35-18-21-12-8-5-9-13-21)26-25(19(2)30-28(33)31-26)27(32)29-17-20-10-6-4-7-11-20/h4-16,26H,3,17-18H2,1-2H3,(H,29,32)(H2,30,31,33). The van der Waals surface area contributed by atoms with E-state index >= 15 is 0 Å². The highest BCUT2D eigenvalue weighted by Gasteiger charge is 2.31. The zero-order valence-electron chi connectivity index (χ0n) is 19.8. The number of allylic oxidation sites excluding steroid dienone is 1. The van der Waals surface area contributed by atoms with E-state index in [0.717, 1.165) is 16.7 Å². The van der Waals surface area contributed by atoms with Crippen molar-refractivity contribution in [2.75, 3.05) is 6.61 Å². The predicted molar refractivity (Wildman–Crippen MR) is 134 cm³/mol. The molecule has 3 aromatic rings. The van der Waals surface area contributed by atoms with Gasteiger partial charge >= 0.3 is 6.03 Å². The molecule has 1 aliphatic rings. The monoisotopic (exact) mass is 471 g/mol. The van der Waals surface area contributed by atoms with Crippen LogP contribution in [0.3, 0.4) is 0 Å². The third kappa shape index (κ3) is 6.00. The number of rotatable bonds is 9. The Labute approximate surface area is 205 Å². The van der Waals surface area contributed by atoms with Gasteiger partial charge in [0.1, 0.15) is 6.61 Å². The average Bonchev–Trinajstić information content (AvgIpc) is 2.87. The van der Waals surface area contributed by atoms with Crippen LogP contribution in [0.2, 0.25) is 0 Å². The molecule has 3 N–H and O–H groups in total. The van der Waals surface area contributed by atoms with E-state index in [9.17, 15) is 9.59 Å². The van der Waals surface area contributed by atoms with E-state index in [1.807, 2.05) is 85.8 Å². The molecule has 0 radical (unpaired) electrons. The van der Waals surface area contributed by atoms with Crippen molar-refractivity contribution >= 4 is 11.9 Å². The molecule has 0 saturated carbocycles. The molecule has 7 heteroatoms. The number of carbonyl (C=O) groups is 2. The van der Waals surface area contributed by atoms with Crippen LogP contribution in [-0.4, -0.2) is 18.5 Å². The van der Waals surface area contributed by atoms with E-state index in [1.165, 1.54) is 0 Å². The van der Waals surface area contributed by atoms with Crippen LogP contribution in [0.1, 0.15) is 36.6 Å². The molecule has 0 bridgehead atoms. The highest BCUT2D eigenvalue weighted by atomic mass is 16.5. The Hall–Kier alpha value is -4.26. The second kappa shape index (κ2) is 11.2. The van der Waals surface area contributed by atoms with E-state index in [1.54, 1.807) is 6.92 Å². The first-order valence-corrected chi connectivity index (χ1v) is 11.6. The summed E-state index contributed by atoms with van der Waals surface area (Å²) in [4.78, 5) is 25.5. The lowest BCUT2D eigenvalue weighted by Gasteiger charge is -2.29. The molecule has 1 heterocycles. The molecule has 0 spiro atoms. The van der Waals surface area contributed by atoms with Crippen LogP contribution in [0, 0.1) is 0 Å². The summed E-state index contributed by atoms with van der Waals surface area (Å²) in [6, 6.07) is 24.0. The number of ether oxygens (including phenoxy) is 2. The maximum absolute atomic E-state index is 13.2. The lowest BCUT2D eigenvalue weighted by Crippen LogP contribution is -2.46. The maximum atomic E-state index is 13.2. The number of benzene rings is 3. The summed E-state index contributed by atoms with van der Waals surface area (Å²) in [5.74, 6) is 0.886. The second-order valence-corrected chi connectivity index (χ2v) is 8.15. The van der Waals surface area contributed by atoms with Crippen molar-refractivity contribution in [2.24, 2.45) is 0 Å². The van der Waals surface area contributed by atoms with Crippen molar-refractivity contribution in [3.63, 3.8) is 0 Å². The summed E-state index contributed by atoms with van der Waals surface area (Å²) in [6.07, 6.45) is 0. The van der Waals surface area contributed by atoms with E-state index in [4.69, 9.17) is 9.47 Å². The Balaban J connectivity index is 1.57. The minimum Gasteiger partial charge on any atom is -0.490 e.